The second-order valence-corrected chi connectivity index (χ2v) is 9.97. The molecule has 3 aliphatic rings. The number of fused-ring (bicyclic) bond motifs is 1. The molecule has 2 aliphatic heterocycles. The normalized spacial score (nSPS) is 21.4. The van der Waals surface area contributed by atoms with Crippen LogP contribution in [0.2, 0.25) is 0 Å². The van der Waals surface area contributed by atoms with Gasteiger partial charge in [0.05, 0.1) is 6.42 Å². The molecule has 1 aromatic heterocycles. The summed E-state index contributed by atoms with van der Waals surface area (Å²) in [6, 6.07) is 9.91. The van der Waals surface area contributed by atoms with E-state index in [0.717, 1.165) is 54.4 Å². The number of amides is 2. The summed E-state index contributed by atoms with van der Waals surface area (Å²) in [4.78, 5) is 39.5. The molecule has 3 heterocycles. The summed E-state index contributed by atoms with van der Waals surface area (Å²) in [6.07, 6.45) is 8.84. The monoisotopic (exact) mass is 446 g/mol. The van der Waals surface area contributed by atoms with Crippen LogP contribution in [0.25, 0.3) is 0 Å². The Hall–Kier alpha value is -2.76. The van der Waals surface area contributed by atoms with Crippen LogP contribution in [0.1, 0.15) is 73.5 Å². The standard InChI is InChI=1S/C27H34N4O2/c1-19-23-12-13-24(32)31(17-21-10-6-3-7-11-21)27(23)29-26(28-19)22-14-15-30(18-22)25(33)16-20-8-4-2-5-9-20/h2,4-5,8-9,21-22H,3,6-7,10-18H2,1H3. The van der Waals surface area contributed by atoms with Crippen LogP contribution in [0.5, 0.6) is 0 Å². The average Bonchev–Trinajstić information content (AvgIpc) is 3.33. The molecule has 1 saturated heterocycles. The van der Waals surface area contributed by atoms with Gasteiger partial charge in [-0.1, -0.05) is 49.6 Å². The van der Waals surface area contributed by atoms with Gasteiger partial charge < -0.3 is 4.90 Å². The number of aromatic nitrogens is 2. The molecule has 1 aliphatic carbocycles. The molecule has 5 rings (SSSR count). The quantitative estimate of drug-likeness (QED) is 0.690. The highest BCUT2D eigenvalue weighted by Gasteiger charge is 2.34. The van der Waals surface area contributed by atoms with E-state index in [4.69, 9.17) is 9.97 Å². The van der Waals surface area contributed by atoms with Crippen LogP contribution in [-0.2, 0) is 22.4 Å². The summed E-state index contributed by atoms with van der Waals surface area (Å²) in [6.45, 7) is 4.22. The number of hydrogen-bond acceptors (Lipinski definition) is 4. The molecule has 1 unspecified atom stereocenters. The SMILES string of the molecule is Cc1nc(C2CCN(C(=O)Cc3ccccc3)C2)nc2c1CCC(=O)N2CC1CCCCC1. The second-order valence-electron chi connectivity index (χ2n) is 9.97. The van der Waals surface area contributed by atoms with Gasteiger partial charge in [-0.3, -0.25) is 14.5 Å². The predicted octanol–water partition coefficient (Wildman–Crippen LogP) is 4.20. The lowest BCUT2D eigenvalue weighted by atomic mass is 9.88. The van der Waals surface area contributed by atoms with Gasteiger partial charge in [-0.25, -0.2) is 9.97 Å². The smallest absolute Gasteiger partial charge is 0.228 e. The van der Waals surface area contributed by atoms with Crippen LogP contribution in [0.15, 0.2) is 30.3 Å². The highest BCUT2D eigenvalue weighted by atomic mass is 16.2. The van der Waals surface area contributed by atoms with Crippen LogP contribution >= 0.6 is 0 Å². The second kappa shape index (κ2) is 9.62. The molecule has 0 N–H and O–H groups in total. The van der Waals surface area contributed by atoms with Gasteiger partial charge in [-0.05, 0) is 44.1 Å². The molecule has 174 valence electrons. The summed E-state index contributed by atoms with van der Waals surface area (Å²) < 4.78 is 0. The van der Waals surface area contributed by atoms with Crippen molar-refractivity contribution in [3.63, 3.8) is 0 Å². The number of hydrogen-bond donors (Lipinski definition) is 0. The molecule has 1 atom stereocenters. The molecule has 0 spiro atoms. The Kier molecular flexibility index (Phi) is 6.43. The molecule has 0 radical (unpaired) electrons. The number of benzene rings is 1. The van der Waals surface area contributed by atoms with E-state index in [-0.39, 0.29) is 17.7 Å². The number of carbonyl (C=O) groups excluding carboxylic acids is 2. The number of likely N-dealkylation sites (tertiary alicyclic amines) is 1. The zero-order chi connectivity index (χ0) is 22.8. The lowest BCUT2D eigenvalue weighted by molar-refractivity contribution is -0.129. The third-order valence-electron chi connectivity index (χ3n) is 7.62. The highest BCUT2D eigenvalue weighted by molar-refractivity contribution is 5.95. The third kappa shape index (κ3) is 4.80. The van der Waals surface area contributed by atoms with Crippen molar-refractivity contribution in [3.8, 4) is 0 Å². The summed E-state index contributed by atoms with van der Waals surface area (Å²) >= 11 is 0. The molecule has 1 aromatic carbocycles. The van der Waals surface area contributed by atoms with E-state index in [1.165, 1.54) is 32.1 Å². The zero-order valence-electron chi connectivity index (χ0n) is 19.6. The Bertz CT molecular complexity index is 1020. The van der Waals surface area contributed by atoms with Crippen LogP contribution in [-0.4, -0.2) is 46.3 Å². The maximum Gasteiger partial charge on any atom is 0.228 e. The van der Waals surface area contributed by atoms with E-state index in [1.807, 2.05) is 47.1 Å². The predicted molar refractivity (Wildman–Crippen MR) is 128 cm³/mol. The van der Waals surface area contributed by atoms with E-state index in [0.29, 0.717) is 25.3 Å². The van der Waals surface area contributed by atoms with Gasteiger partial charge in [0.1, 0.15) is 11.6 Å². The zero-order valence-corrected chi connectivity index (χ0v) is 19.6. The Balaban J connectivity index is 1.33. The van der Waals surface area contributed by atoms with Crippen molar-refractivity contribution in [1.29, 1.82) is 0 Å². The molecule has 6 heteroatoms. The minimum atomic E-state index is 0.127. The third-order valence-corrected chi connectivity index (χ3v) is 7.62. The fourth-order valence-corrected chi connectivity index (χ4v) is 5.68. The Labute approximate surface area is 196 Å². The minimum absolute atomic E-state index is 0.127. The van der Waals surface area contributed by atoms with Crippen LogP contribution in [0.3, 0.4) is 0 Å². The van der Waals surface area contributed by atoms with Gasteiger partial charge in [0, 0.05) is 43.2 Å². The van der Waals surface area contributed by atoms with E-state index < -0.39 is 0 Å². The van der Waals surface area contributed by atoms with Crippen molar-refractivity contribution in [2.75, 3.05) is 24.5 Å². The largest absolute Gasteiger partial charge is 0.342 e. The molecule has 2 aromatic rings. The molecule has 6 nitrogen and oxygen atoms in total. The van der Waals surface area contributed by atoms with E-state index in [2.05, 4.69) is 0 Å². The van der Waals surface area contributed by atoms with Crippen LogP contribution in [0.4, 0.5) is 5.82 Å². The van der Waals surface area contributed by atoms with Gasteiger partial charge in [0.2, 0.25) is 11.8 Å². The van der Waals surface area contributed by atoms with Crippen LogP contribution in [0, 0.1) is 12.8 Å². The van der Waals surface area contributed by atoms with Gasteiger partial charge in [0.15, 0.2) is 0 Å². The maximum absolute atomic E-state index is 12.9. The maximum atomic E-state index is 12.9. The number of aryl methyl sites for hydroxylation is 1. The summed E-state index contributed by atoms with van der Waals surface area (Å²) in [7, 11) is 0. The van der Waals surface area contributed by atoms with Gasteiger partial charge in [-0.15, -0.1) is 0 Å². The van der Waals surface area contributed by atoms with E-state index in [1.54, 1.807) is 0 Å². The van der Waals surface area contributed by atoms with Crippen molar-refractivity contribution in [2.45, 2.75) is 70.6 Å². The molecule has 0 bridgehead atoms. The first kappa shape index (κ1) is 22.1. The molecule has 1 saturated carbocycles. The topological polar surface area (TPSA) is 66.4 Å². The van der Waals surface area contributed by atoms with Gasteiger partial charge in [0.25, 0.3) is 0 Å². The lowest BCUT2D eigenvalue weighted by Gasteiger charge is -2.33. The van der Waals surface area contributed by atoms with Crippen molar-refractivity contribution in [2.24, 2.45) is 5.92 Å². The molecule has 33 heavy (non-hydrogen) atoms. The van der Waals surface area contributed by atoms with Crippen molar-refractivity contribution in [1.82, 2.24) is 14.9 Å². The Morgan fingerprint density at radius 1 is 1.03 bits per heavy atom. The van der Waals surface area contributed by atoms with Gasteiger partial charge >= 0.3 is 0 Å². The van der Waals surface area contributed by atoms with E-state index in [9.17, 15) is 9.59 Å². The van der Waals surface area contributed by atoms with Crippen molar-refractivity contribution in [3.05, 3.63) is 53.0 Å². The Morgan fingerprint density at radius 2 is 1.82 bits per heavy atom. The summed E-state index contributed by atoms with van der Waals surface area (Å²) in [5.41, 5.74) is 3.16. The van der Waals surface area contributed by atoms with Gasteiger partial charge in [-0.2, -0.15) is 0 Å². The van der Waals surface area contributed by atoms with Crippen molar-refractivity contribution >= 4 is 17.6 Å². The highest BCUT2D eigenvalue weighted by Crippen LogP contribution is 2.34. The first-order valence-corrected chi connectivity index (χ1v) is 12.6. The first-order valence-electron chi connectivity index (χ1n) is 12.6. The number of anilines is 1. The van der Waals surface area contributed by atoms with Crippen LogP contribution < -0.4 is 4.90 Å². The fraction of sp³-hybridized carbons (Fsp3) is 0.556. The molecular formula is C27H34N4O2. The number of rotatable bonds is 5. The first-order chi connectivity index (χ1) is 16.1. The minimum Gasteiger partial charge on any atom is -0.342 e. The molecular weight excluding hydrogens is 412 g/mol. The number of nitrogens with zero attached hydrogens (tertiary/aromatic N) is 4. The van der Waals surface area contributed by atoms with E-state index >= 15 is 0 Å². The molecule has 2 amide bonds. The molecule has 2 fully saturated rings. The average molecular weight is 447 g/mol. The Morgan fingerprint density at radius 3 is 2.61 bits per heavy atom. The fourth-order valence-electron chi connectivity index (χ4n) is 5.68. The summed E-state index contributed by atoms with van der Waals surface area (Å²) in [5, 5.41) is 0. The number of carbonyl (C=O) groups is 2. The van der Waals surface area contributed by atoms with Crippen molar-refractivity contribution < 1.29 is 9.59 Å². The lowest BCUT2D eigenvalue weighted by Crippen LogP contribution is -2.40. The summed E-state index contributed by atoms with van der Waals surface area (Å²) in [5.74, 6) is 2.70.